The highest BCUT2D eigenvalue weighted by atomic mass is 32.2. The van der Waals surface area contributed by atoms with Crippen LogP contribution in [-0.2, 0) is 0 Å². The molecule has 0 radical (unpaired) electrons. The molecule has 1 atom stereocenters. The monoisotopic (exact) mass is 159 g/mol. The highest BCUT2D eigenvalue weighted by molar-refractivity contribution is 7.98. The lowest BCUT2D eigenvalue weighted by Crippen LogP contribution is -1.88. The van der Waals surface area contributed by atoms with Crippen LogP contribution in [0.5, 0.6) is 0 Å². The van der Waals surface area contributed by atoms with E-state index in [0.717, 1.165) is 5.69 Å². The minimum absolute atomic E-state index is 0.298. The molecule has 1 heterocycles. The van der Waals surface area contributed by atoms with E-state index in [0.29, 0.717) is 5.25 Å². The fraction of sp³-hybridized carbons (Fsp3) is 0.500. The Bertz CT molecular complexity index is 252. The van der Waals surface area contributed by atoms with Crippen LogP contribution in [0.1, 0.15) is 17.9 Å². The molecule has 3 nitrogen and oxygen atoms in total. The molecular weight excluding hydrogens is 150 g/mol. The molecule has 0 fully saturated rings. The maximum absolute atomic E-state index is 10.5. The van der Waals surface area contributed by atoms with E-state index < -0.39 is 0 Å². The van der Waals surface area contributed by atoms with Crippen LogP contribution in [0.3, 0.4) is 0 Å². The van der Waals surface area contributed by atoms with Crippen LogP contribution in [0, 0.1) is 0 Å². The molecule has 0 bridgehead atoms. The van der Waals surface area contributed by atoms with Crippen LogP contribution < -0.4 is 5.63 Å². The normalized spacial score (nSPS) is 13.4. The second-order valence-electron chi connectivity index (χ2n) is 2.00. The van der Waals surface area contributed by atoms with E-state index in [2.05, 4.69) is 9.68 Å². The lowest BCUT2D eigenvalue weighted by atomic mass is 10.3. The lowest BCUT2D eigenvalue weighted by molar-refractivity contribution is 0.385. The van der Waals surface area contributed by atoms with Crippen LogP contribution in [0.25, 0.3) is 0 Å². The summed E-state index contributed by atoms with van der Waals surface area (Å²) in [6.45, 7) is 2.01. The maximum atomic E-state index is 10.5. The Morgan fingerprint density at radius 3 is 2.90 bits per heavy atom. The molecule has 1 rings (SSSR count). The van der Waals surface area contributed by atoms with Crippen molar-refractivity contribution >= 4 is 11.8 Å². The van der Waals surface area contributed by atoms with Gasteiger partial charge in [0, 0.05) is 11.3 Å². The summed E-state index contributed by atoms with van der Waals surface area (Å²) in [5.41, 5.74) is 0.536. The predicted molar refractivity (Wildman–Crippen MR) is 41.3 cm³/mol. The number of nitrogens with one attached hydrogen (secondary N) is 1. The van der Waals surface area contributed by atoms with Crippen LogP contribution >= 0.6 is 11.8 Å². The largest absolute Gasteiger partial charge is 0.357 e. The molecular formula is C6H9NO2S. The van der Waals surface area contributed by atoms with Gasteiger partial charge in [0.1, 0.15) is 0 Å². The molecule has 0 amide bonds. The van der Waals surface area contributed by atoms with Crippen LogP contribution in [0.15, 0.2) is 15.4 Å². The Balaban J connectivity index is 2.84. The van der Waals surface area contributed by atoms with Crippen LogP contribution in [0.4, 0.5) is 0 Å². The topological polar surface area (TPSA) is 46.0 Å². The number of H-pyrrole nitrogens is 1. The Morgan fingerprint density at radius 1 is 1.80 bits per heavy atom. The number of hydrogen-bond donors (Lipinski definition) is 1. The highest BCUT2D eigenvalue weighted by Gasteiger charge is 2.05. The van der Waals surface area contributed by atoms with Gasteiger partial charge in [-0.2, -0.15) is 11.8 Å². The van der Waals surface area contributed by atoms with E-state index in [4.69, 9.17) is 0 Å². The van der Waals surface area contributed by atoms with Gasteiger partial charge in [-0.15, -0.1) is 0 Å². The number of aromatic amines is 1. The van der Waals surface area contributed by atoms with Gasteiger partial charge in [-0.25, -0.2) is 9.95 Å². The summed E-state index contributed by atoms with van der Waals surface area (Å²) >= 11 is 1.66. The summed E-state index contributed by atoms with van der Waals surface area (Å²) in [4.78, 5) is 10.5. The first-order valence-corrected chi connectivity index (χ1v) is 4.24. The smallest absolute Gasteiger partial charge is 0.339 e. The molecule has 0 aromatic carbocycles. The van der Waals surface area contributed by atoms with E-state index in [-0.39, 0.29) is 5.63 Å². The number of hydrogen-bond acceptors (Lipinski definition) is 3. The zero-order valence-corrected chi connectivity index (χ0v) is 6.70. The lowest BCUT2D eigenvalue weighted by Gasteiger charge is -2.00. The van der Waals surface area contributed by atoms with Gasteiger partial charge in [-0.3, -0.25) is 0 Å². The molecule has 1 aromatic heterocycles. The summed E-state index contributed by atoms with van der Waals surface area (Å²) in [6.07, 6.45) is 1.98. The predicted octanol–water partition coefficient (Wildman–Crippen LogP) is 1.39. The SMILES string of the molecule is CSC(C)c1cc(=O)o[nH]1. The average Bonchev–Trinajstić information content (AvgIpc) is 2.34. The zero-order valence-electron chi connectivity index (χ0n) is 5.88. The van der Waals surface area contributed by atoms with E-state index in [9.17, 15) is 4.79 Å². The molecule has 0 aliphatic heterocycles. The molecule has 0 aliphatic carbocycles. The van der Waals surface area contributed by atoms with Crippen LogP contribution in [-0.4, -0.2) is 11.4 Å². The molecule has 0 saturated carbocycles. The van der Waals surface area contributed by atoms with Gasteiger partial charge < -0.3 is 4.52 Å². The van der Waals surface area contributed by atoms with Crippen LogP contribution in [0.2, 0.25) is 0 Å². The Hall–Kier alpha value is -0.640. The fourth-order valence-electron chi connectivity index (χ4n) is 0.622. The summed E-state index contributed by atoms with van der Waals surface area (Å²) in [7, 11) is 0. The highest BCUT2D eigenvalue weighted by Crippen LogP contribution is 2.22. The van der Waals surface area contributed by atoms with Gasteiger partial charge in [0.05, 0.1) is 5.69 Å². The van der Waals surface area contributed by atoms with E-state index >= 15 is 0 Å². The molecule has 10 heavy (non-hydrogen) atoms. The van der Waals surface area contributed by atoms with Crippen molar-refractivity contribution in [2.75, 3.05) is 6.26 Å². The average molecular weight is 159 g/mol. The summed E-state index contributed by atoms with van der Waals surface area (Å²) < 4.78 is 4.49. The van der Waals surface area contributed by atoms with Gasteiger partial charge in [0.25, 0.3) is 0 Å². The number of rotatable bonds is 2. The number of aromatic nitrogens is 1. The van der Waals surface area contributed by atoms with Crippen molar-refractivity contribution in [3.8, 4) is 0 Å². The molecule has 0 spiro atoms. The van der Waals surface area contributed by atoms with Crippen molar-refractivity contribution in [1.82, 2.24) is 5.16 Å². The fourth-order valence-corrected chi connectivity index (χ4v) is 0.993. The molecule has 1 unspecified atom stereocenters. The molecule has 1 N–H and O–H groups in total. The maximum Gasteiger partial charge on any atom is 0.357 e. The van der Waals surface area contributed by atoms with Gasteiger partial charge >= 0.3 is 5.63 Å². The third-order valence-electron chi connectivity index (χ3n) is 1.33. The van der Waals surface area contributed by atoms with Crippen molar-refractivity contribution in [1.29, 1.82) is 0 Å². The van der Waals surface area contributed by atoms with Gasteiger partial charge in [-0.1, -0.05) is 0 Å². The molecule has 4 heteroatoms. The van der Waals surface area contributed by atoms with E-state index in [1.54, 1.807) is 11.8 Å². The quantitative estimate of drug-likeness (QED) is 0.709. The van der Waals surface area contributed by atoms with Crippen molar-refractivity contribution in [3.63, 3.8) is 0 Å². The molecule has 1 aromatic rings. The Labute approximate surface area is 62.8 Å². The van der Waals surface area contributed by atoms with E-state index in [1.807, 2.05) is 13.2 Å². The summed E-state index contributed by atoms with van der Waals surface area (Å²) in [6, 6.07) is 1.47. The first-order valence-electron chi connectivity index (χ1n) is 2.95. The first kappa shape index (κ1) is 7.47. The first-order chi connectivity index (χ1) is 4.74. The molecule has 0 aliphatic rings. The van der Waals surface area contributed by atoms with Crippen molar-refractivity contribution in [2.24, 2.45) is 0 Å². The standard InChI is InChI=1S/C6H9NO2S/c1-4(10-2)5-3-6(8)9-7-5/h3-4,7H,1-2H3. The Morgan fingerprint density at radius 2 is 2.50 bits per heavy atom. The third kappa shape index (κ3) is 1.44. The second kappa shape index (κ2) is 2.96. The zero-order chi connectivity index (χ0) is 7.56. The molecule has 0 saturated heterocycles. The number of thioether (sulfide) groups is 1. The third-order valence-corrected chi connectivity index (χ3v) is 2.30. The van der Waals surface area contributed by atoms with Crippen molar-refractivity contribution in [3.05, 3.63) is 22.2 Å². The minimum Gasteiger partial charge on any atom is -0.339 e. The summed E-state index contributed by atoms with van der Waals surface area (Å²) in [5, 5.41) is 2.85. The van der Waals surface area contributed by atoms with Gasteiger partial charge in [-0.05, 0) is 13.2 Å². The molecule has 56 valence electrons. The summed E-state index contributed by atoms with van der Waals surface area (Å²) in [5.74, 6) is 0. The Kier molecular flexibility index (Phi) is 2.21. The van der Waals surface area contributed by atoms with E-state index in [1.165, 1.54) is 6.07 Å². The van der Waals surface area contributed by atoms with Crippen molar-refractivity contribution in [2.45, 2.75) is 12.2 Å². The van der Waals surface area contributed by atoms with Gasteiger partial charge in [0.2, 0.25) is 0 Å². The minimum atomic E-state index is -0.309. The van der Waals surface area contributed by atoms with Crippen molar-refractivity contribution < 1.29 is 4.52 Å². The van der Waals surface area contributed by atoms with Gasteiger partial charge in [0.15, 0.2) is 0 Å². The second-order valence-corrected chi connectivity index (χ2v) is 3.18.